The van der Waals surface area contributed by atoms with Crippen LogP contribution in [-0.4, -0.2) is 8.42 Å². The van der Waals surface area contributed by atoms with Gasteiger partial charge in [-0.2, -0.15) is 5.26 Å². The summed E-state index contributed by atoms with van der Waals surface area (Å²) < 4.78 is 50.7. The zero-order chi connectivity index (χ0) is 15.6. The van der Waals surface area contributed by atoms with E-state index in [4.69, 9.17) is 16.9 Å². The summed E-state index contributed by atoms with van der Waals surface area (Å²) >= 11 is 5.55. The van der Waals surface area contributed by atoms with Crippen molar-refractivity contribution >= 4 is 21.4 Å². The van der Waals surface area contributed by atoms with Gasteiger partial charge in [0.15, 0.2) is 9.84 Å². The molecule has 0 spiro atoms. The van der Waals surface area contributed by atoms with E-state index in [1.807, 2.05) is 0 Å². The molecule has 0 aliphatic heterocycles. The summed E-state index contributed by atoms with van der Waals surface area (Å²) in [5.41, 5.74) is 0.157. The topological polar surface area (TPSA) is 57.9 Å². The number of hydrogen-bond donors (Lipinski definition) is 0. The molecule has 2 aromatic carbocycles. The Kier molecular flexibility index (Phi) is 4.26. The molecule has 0 saturated carbocycles. The molecule has 0 saturated heterocycles. The molecule has 2 rings (SSSR count). The molecule has 0 heterocycles. The van der Waals surface area contributed by atoms with E-state index in [9.17, 15) is 17.2 Å². The van der Waals surface area contributed by atoms with Gasteiger partial charge in [0.2, 0.25) is 0 Å². The Balaban J connectivity index is 2.40. The Morgan fingerprint density at radius 1 is 1.14 bits per heavy atom. The van der Waals surface area contributed by atoms with E-state index in [1.165, 1.54) is 6.07 Å². The third-order valence-electron chi connectivity index (χ3n) is 2.69. The average Bonchev–Trinajstić information content (AvgIpc) is 2.40. The maximum atomic E-state index is 13.3. The lowest BCUT2D eigenvalue weighted by Crippen LogP contribution is -2.06. The second kappa shape index (κ2) is 5.80. The molecule has 0 bridgehead atoms. The molecule has 21 heavy (non-hydrogen) atoms. The van der Waals surface area contributed by atoms with Crippen LogP contribution in [0.4, 0.5) is 8.78 Å². The van der Waals surface area contributed by atoms with Crippen LogP contribution in [0.5, 0.6) is 0 Å². The lowest BCUT2D eigenvalue weighted by molar-refractivity contribution is 0.593. The number of benzene rings is 2. The van der Waals surface area contributed by atoms with Crippen molar-refractivity contribution < 1.29 is 17.2 Å². The van der Waals surface area contributed by atoms with E-state index in [1.54, 1.807) is 6.07 Å². The Bertz CT molecular complexity index is 845. The van der Waals surface area contributed by atoms with Crippen LogP contribution in [0.25, 0.3) is 0 Å². The normalized spacial score (nSPS) is 11.1. The minimum Gasteiger partial charge on any atom is -0.223 e. The highest BCUT2D eigenvalue weighted by molar-refractivity contribution is 7.90. The Hall–Kier alpha value is -1.97. The second-order valence-electron chi connectivity index (χ2n) is 4.29. The standard InChI is InChI=1S/C14H8ClF2NO2S/c15-13-6-12(1-2-14(13)17)21(19,20)8-10-3-9(7-18)4-11(16)5-10/h1-6H,8H2. The zero-order valence-electron chi connectivity index (χ0n) is 10.5. The van der Waals surface area contributed by atoms with Gasteiger partial charge in [0.1, 0.15) is 11.6 Å². The Labute approximate surface area is 125 Å². The van der Waals surface area contributed by atoms with Crippen molar-refractivity contribution in [1.82, 2.24) is 0 Å². The molecular weight excluding hydrogens is 320 g/mol. The molecule has 2 aromatic rings. The Morgan fingerprint density at radius 3 is 2.48 bits per heavy atom. The average molecular weight is 328 g/mol. The van der Waals surface area contributed by atoms with Gasteiger partial charge in [-0.1, -0.05) is 11.6 Å². The first kappa shape index (κ1) is 15.4. The van der Waals surface area contributed by atoms with Crippen LogP contribution in [0.3, 0.4) is 0 Å². The third-order valence-corrected chi connectivity index (χ3v) is 4.67. The highest BCUT2D eigenvalue weighted by Gasteiger charge is 2.18. The van der Waals surface area contributed by atoms with Crippen LogP contribution in [0, 0.1) is 23.0 Å². The lowest BCUT2D eigenvalue weighted by Gasteiger charge is -2.06. The molecule has 0 N–H and O–H groups in total. The summed E-state index contributed by atoms with van der Waals surface area (Å²) in [6, 6.07) is 8.09. The molecule has 3 nitrogen and oxygen atoms in total. The second-order valence-corrected chi connectivity index (χ2v) is 6.69. The van der Waals surface area contributed by atoms with Crippen molar-refractivity contribution in [3.63, 3.8) is 0 Å². The van der Waals surface area contributed by atoms with Crippen molar-refractivity contribution in [2.45, 2.75) is 10.6 Å². The van der Waals surface area contributed by atoms with E-state index in [0.717, 1.165) is 30.3 Å². The number of sulfone groups is 1. The molecule has 108 valence electrons. The predicted molar refractivity (Wildman–Crippen MR) is 73.4 cm³/mol. The fraction of sp³-hybridized carbons (Fsp3) is 0.0714. The highest BCUT2D eigenvalue weighted by atomic mass is 35.5. The summed E-state index contributed by atoms with van der Waals surface area (Å²) in [7, 11) is -3.82. The fourth-order valence-electron chi connectivity index (χ4n) is 1.77. The van der Waals surface area contributed by atoms with Gasteiger partial charge in [0, 0.05) is 0 Å². The molecule has 0 fully saturated rings. The summed E-state index contributed by atoms with van der Waals surface area (Å²) in [6.45, 7) is 0. The lowest BCUT2D eigenvalue weighted by atomic mass is 10.1. The summed E-state index contributed by atoms with van der Waals surface area (Å²) in [6.07, 6.45) is 0. The van der Waals surface area contributed by atoms with Crippen molar-refractivity contribution in [1.29, 1.82) is 5.26 Å². The van der Waals surface area contributed by atoms with Gasteiger partial charge in [-0.05, 0) is 42.0 Å². The van der Waals surface area contributed by atoms with E-state index >= 15 is 0 Å². The van der Waals surface area contributed by atoms with Gasteiger partial charge < -0.3 is 0 Å². The minimum atomic E-state index is -3.82. The number of halogens is 3. The van der Waals surface area contributed by atoms with Gasteiger partial charge in [0.05, 0.1) is 27.3 Å². The van der Waals surface area contributed by atoms with E-state index < -0.39 is 27.2 Å². The molecular formula is C14H8ClF2NO2S. The highest BCUT2D eigenvalue weighted by Crippen LogP contribution is 2.23. The molecule has 0 aliphatic carbocycles. The number of nitrogens with zero attached hydrogens (tertiary/aromatic N) is 1. The van der Waals surface area contributed by atoms with Crippen LogP contribution in [-0.2, 0) is 15.6 Å². The SMILES string of the molecule is N#Cc1cc(F)cc(CS(=O)(=O)c2ccc(F)c(Cl)c2)c1. The quantitative estimate of drug-likeness (QED) is 0.811. The van der Waals surface area contributed by atoms with E-state index in [2.05, 4.69) is 0 Å². The van der Waals surface area contributed by atoms with Crippen molar-refractivity contribution in [2.24, 2.45) is 0 Å². The molecule has 0 unspecified atom stereocenters. The van der Waals surface area contributed by atoms with Gasteiger partial charge >= 0.3 is 0 Å². The number of hydrogen-bond acceptors (Lipinski definition) is 3. The van der Waals surface area contributed by atoms with Crippen LogP contribution in [0.1, 0.15) is 11.1 Å². The number of nitriles is 1. The first-order valence-corrected chi connectivity index (χ1v) is 7.72. The van der Waals surface area contributed by atoms with Crippen molar-refractivity contribution in [2.75, 3.05) is 0 Å². The summed E-state index contributed by atoms with van der Waals surface area (Å²) in [5, 5.41) is 8.43. The maximum absolute atomic E-state index is 13.3. The van der Waals surface area contributed by atoms with Gasteiger partial charge in [-0.3, -0.25) is 0 Å². The molecule has 0 atom stereocenters. The Morgan fingerprint density at radius 2 is 1.86 bits per heavy atom. The monoisotopic (exact) mass is 327 g/mol. The summed E-state index contributed by atoms with van der Waals surface area (Å²) in [5.74, 6) is -1.94. The molecule has 7 heteroatoms. The molecule has 0 radical (unpaired) electrons. The molecule has 0 aliphatic rings. The van der Waals surface area contributed by atoms with E-state index in [-0.39, 0.29) is 21.0 Å². The van der Waals surface area contributed by atoms with Gasteiger partial charge in [-0.25, -0.2) is 17.2 Å². The first-order valence-electron chi connectivity index (χ1n) is 5.69. The molecule has 0 aromatic heterocycles. The van der Waals surface area contributed by atoms with Gasteiger partial charge in [0.25, 0.3) is 0 Å². The summed E-state index contributed by atoms with van der Waals surface area (Å²) in [4.78, 5) is -0.170. The van der Waals surface area contributed by atoms with Crippen LogP contribution >= 0.6 is 11.6 Å². The van der Waals surface area contributed by atoms with E-state index in [0.29, 0.717) is 0 Å². The number of rotatable bonds is 3. The van der Waals surface area contributed by atoms with Crippen molar-refractivity contribution in [3.8, 4) is 6.07 Å². The van der Waals surface area contributed by atoms with Gasteiger partial charge in [-0.15, -0.1) is 0 Å². The third kappa shape index (κ3) is 3.57. The smallest absolute Gasteiger partial charge is 0.182 e. The largest absolute Gasteiger partial charge is 0.223 e. The van der Waals surface area contributed by atoms with Crippen molar-refractivity contribution in [3.05, 3.63) is 64.2 Å². The predicted octanol–water partition coefficient (Wildman–Crippen LogP) is 3.46. The molecule has 0 amide bonds. The fourth-order valence-corrected chi connectivity index (χ4v) is 3.36. The van der Waals surface area contributed by atoms with Crippen LogP contribution in [0.15, 0.2) is 41.3 Å². The zero-order valence-corrected chi connectivity index (χ0v) is 12.0. The maximum Gasteiger partial charge on any atom is 0.182 e. The minimum absolute atomic E-state index is 0.0253. The van der Waals surface area contributed by atoms with Crippen LogP contribution < -0.4 is 0 Å². The van der Waals surface area contributed by atoms with Crippen LogP contribution in [0.2, 0.25) is 5.02 Å². The first-order chi connectivity index (χ1) is 9.81.